The van der Waals surface area contributed by atoms with Crippen molar-refractivity contribution in [2.24, 2.45) is 0 Å². The highest BCUT2D eigenvalue weighted by Crippen LogP contribution is 2.20. The Morgan fingerprint density at radius 2 is 1.53 bits per heavy atom. The third-order valence-electron chi connectivity index (χ3n) is 3.28. The number of benzene rings is 2. The van der Waals surface area contributed by atoms with E-state index in [1.807, 2.05) is 12.1 Å². The minimum absolute atomic E-state index is 0.187. The highest BCUT2D eigenvalue weighted by Gasteiger charge is 2.11. The summed E-state index contributed by atoms with van der Waals surface area (Å²) in [5, 5.41) is 12.2. The molecular formula is C17H21NO. The van der Waals surface area contributed by atoms with Crippen LogP contribution in [0.25, 0.3) is 0 Å². The molecular weight excluding hydrogens is 234 g/mol. The van der Waals surface area contributed by atoms with E-state index >= 15 is 0 Å². The van der Waals surface area contributed by atoms with E-state index in [1.165, 1.54) is 11.1 Å². The number of rotatable bonds is 7. The molecule has 0 radical (unpaired) electrons. The minimum atomic E-state index is 0.187. The molecule has 0 saturated heterocycles. The maximum atomic E-state index is 8.88. The van der Waals surface area contributed by atoms with Crippen molar-refractivity contribution in [3.05, 3.63) is 71.8 Å². The predicted molar refractivity (Wildman–Crippen MR) is 79.3 cm³/mol. The van der Waals surface area contributed by atoms with Gasteiger partial charge in [-0.05, 0) is 17.5 Å². The van der Waals surface area contributed by atoms with Gasteiger partial charge in [-0.3, -0.25) is 0 Å². The molecule has 0 fully saturated rings. The van der Waals surface area contributed by atoms with Crippen LogP contribution in [0.15, 0.2) is 60.7 Å². The van der Waals surface area contributed by atoms with Gasteiger partial charge in [0.15, 0.2) is 0 Å². The van der Waals surface area contributed by atoms with Gasteiger partial charge in [0, 0.05) is 19.0 Å². The highest BCUT2D eigenvalue weighted by molar-refractivity contribution is 5.24. The van der Waals surface area contributed by atoms with E-state index in [2.05, 4.69) is 53.8 Å². The summed E-state index contributed by atoms with van der Waals surface area (Å²) in [6.07, 6.45) is 1.02. The Balaban J connectivity index is 2.06. The lowest BCUT2D eigenvalue weighted by molar-refractivity contribution is 0.291. The SMILES string of the molecule is OCCNCC(Cc1ccccc1)c1ccccc1. The Labute approximate surface area is 115 Å². The molecule has 0 aliphatic heterocycles. The quantitative estimate of drug-likeness (QED) is 0.745. The number of aliphatic hydroxyl groups excluding tert-OH is 1. The van der Waals surface area contributed by atoms with Crippen LogP contribution in [0.5, 0.6) is 0 Å². The van der Waals surface area contributed by atoms with Crippen LogP contribution in [0.3, 0.4) is 0 Å². The molecule has 0 saturated carbocycles. The van der Waals surface area contributed by atoms with Crippen molar-refractivity contribution in [2.45, 2.75) is 12.3 Å². The fourth-order valence-corrected chi connectivity index (χ4v) is 2.29. The van der Waals surface area contributed by atoms with Gasteiger partial charge in [0.25, 0.3) is 0 Å². The molecule has 2 aromatic rings. The highest BCUT2D eigenvalue weighted by atomic mass is 16.3. The maximum absolute atomic E-state index is 8.88. The molecule has 19 heavy (non-hydrogen) atoms. The molecule has 2 rings (SSSR count). The first kappa shape index (κ1) is 13.8. The third kappa shape index (κ3) is 4.51. The fraction of sp³-hybridized carbons (Fsp3) is 0.294. The molecule has 2 heteroatoms. The van der Waals surface area contributed by atoms with Crippen LogP contribution in [0, 0.1) is 0 Å². The maximum Gasteiger partial charge on any atom is 0.0555 e. The van der Waals surface area contributed by atoms with Crippen molar-refractivity contribution in [1.82, 2.24) is 5.32 Å². The van der Waals surface area contributed by atoms with Gasteiger partial charge in [-0.25, -0.2) is 0 Å². The first-order valence-electron chi connectivity index (χ1n) is 6.80. The first-order chi connectivity index (χ1) is 9.40. The van der Waals surface area contributed by atoms with Crippen LogP contribution in [-0.2, 0) is 6.42 Å². The molecule has 0 bridgehead atoms. The second-order valence-electron chi connectivity index (χ2n) is 4.73. The van der Waals surface area contributed by atoms with Crippen LogP contribution in [0.4, 0.5) is 0 Å². The lowest BCUT2D eigenvalue weighted by Gasteiger charge is -2.18. The number of hydrogen-bond donors (Lipinski definition) is 2. The molecule has 0 aliphatic rings. The van der Waals surface area contributed by atoms with Crippen LogP contribution in [0.1, 0.15) is 17.0 Å². The standard InChI is InChI=1S/C17H21NO/c19-12-11-18-14-17(16-9-5-2-6-10-16)13-15-7-3-1-4-8-15/h1-10,17-19H,11-14H2. The van der Waals surface area contributed by atoms with E-state index in [9.17, 15) is 0 Å². The van der Waals surface area contributed by atoms with Gasteiger partial charge in [0.05, 0.1) is 6.61 Å². The van der Waals surface area contributed by atoms with Crippen molar-refractivity contribution < 1.29 is 5.11 Å². The van der Waals surface area contributed by atoms with Crippen LogP contribution in [-0.4, -0.2) is 24.8 Å². The summed E-state index contributed by atoms with van der Waals surface area (Å²) in [7, 11) is 0. The molecule has 0 aromatic heterocycles. The summed E-state index contributed by atoms with van der Waals surface area (Å²) in [4.78, 5) is 0. The Morgan fingerprint density at radius 3 is 2.16 bits per heavy atom. The summed E-state index contributed by atoms with van der Waals surface area (Å²) in [5.74, 6) is 0.440. The van der Waals surface area contributed by atoms with E-state index in [0.29, 0.717) is 12.5 Å². The molecule has 1 unspecified atom stereocenters. The predicted octanol–water partition coefficient (Wildman–Crippen LogP) is 2.59. The number of hydrogen-bond acceptors (Lipinski definition) is 2. The zero-order chi connectivity index (χ0) is 13.3. The average Bonchev–Trinajstić information content (AvgIpc) is 2.48. The molecule has 100 valence electrons. The van der Waals surface area contributed by atoms with E-state index < -0.39 is 0 Å². The van der Waals surface area contributed by atoms with Crippen LogP contribution < -0.4 is 5.32 Å². The molecule has 0 spiro atoms. The Morgan fingerprint density at radius 1 is 0.895 bits per heavy atom. The van der Waals surface area contributed by atoms with Crippen molar-refractivity contribution in [2.75, 3.05) is 19.7 Å². The Bertz CT molecular complexity index is 455. The first-order valence-corrected chi connectivity index (χ1v) is 6.80. The number of nitrogens with one attached hydrogen (secondary N) is 1. The Hall–Kier alpha value is -1.64. The fourth-order valence-electron chi connectivity index (χ4n) is 2.29. The third-order valence-corrected chi connectivity index (χ3v) is 3.28. The molecule has 2 aromatic carbocycles. The van der Waals surface area contributed by atoms with Crippen LogP contribution in [0.2, 0.25) is 0 Å². The van der Waals surface area contributed by atoms with Crippen molar-refractivity contribution in [1.29, 1.82) is 0 Å². The zero-order valence-electron chi connectivity index (χ0n) is 11.1. The average molecular weight is 255 g/mol. The van der Waals surface area contributed by atoms with Gasteiger partial charge in [0.1, 0.15) is 0 Å². The van der Waals surface area contributed by atoms with E-state index in [0.717, 1.165) is 13.0 Å². The second-order valence-corrected chi connectivity index (χ2v) is 4.73. The van der Waals surface area contributed by atoms with Crippen molar-refractivity contribution in [3.8, 4) is 0 Å². The van der Waals surface area contributed by atoms with E-state index in [-0.39, 0.29) is 6.61 Å². The van der Waals surface area contributed by atoms with Gasteiger partial charge < -0.3 is 10.4 Å². The summed E-state index contributed by atoms with van der Waals surface area (Å²) in [6.45, 7) is 1.73. The lowest BCUT2D eigenvalue weighted by Crippen LogP contribution is -2.25. The van der Waals surface area contributed by atoms with Gasteiger partial charge in [-0.15, -0.1) is 0 Å². The normalized spacial score (nSPS) is 12.3. The van der Waals surface area contributed by atoms with Gasteiger partial charge in [-0.2, -0.15) is 0 Å². The Kier molecular flexibility index (Phi) is 5.60. The summed E-state index contributed by atoms with van der Waals surface area (Å²) < 4.78 is 0. The topological polar surface area (TPSA) is 32.3 Å². The second kappa shape index (κ2) is 7.72. The van der Waals surface area contributed by atoms with Crippen molar-refractivity contribution >= 4 is 0 Å². The molecule has 0 amide bonds. The van der Waals surface area contributed by atoms with Gasteiger partial charge in [-0.1, -0.05) is 60.7 Å². The lowest BCUT2D eigenvalue weighted by atomic mass is 9.92. The number of aliphatic hydroxyl groups is 1. The molecule has 0 heterocycles. The monoisotopic (exact) mass is 255 g/mol. The summed E-state index contributed by atoms with van der Waals surface area (Å²) in [5.41, 5.74) is 2.69. The molecule has 2 N–H and O–H groups in total. The van der Waals surface area contributed by atoms with E-state index in [4.69, 9.17) is 5.11 Å². The summed E-state index contributed by atoms with van der Waals surface area (Å²) >= 11 is 0. The molecule has 1 atom stereocenters. The smallest absolute Gasteiger partial charge is 0.0555 e. The summed E-state index contributed by atoms with van der Waals surface area (Å²) in [6, 6.07) is 21.1. The van der Waals surface area contributed by atoms with Gasteiger partial charge >= 0.3 is 0 Å². The minimum Gasteiger partial charge on any atom is -0.395 e. The van der Waals surface area contributed by atoms with Crippen molar-refractivity contribution in [3.63, 3.8) is 0 Å². The largest absolute Gasteiger partial charge is 0.395 e. The van der Waals surface area contributed by atoms with E-state index in [1.54, 1.807) is 0 Å². The molecule has 2 nitrogen and oxygen atoms in total. The van der Waals surface area contributed by atoms with Crippen LogP contribution >= 0.6 is 0 Å². The van der Waals surface area contributed by atoms with Gasteiger partial charge in [0.2, 0.25) is 0 Å². The molecule has 0 aliphatic carbocycles. The zero-order valence-corrected chi connectivity index (χ0v) is 11.1.